The van der Waals surface area contributed by atoms with E-state index >= 15 is 0 Å². The Morgan fingerprint density at radius 2 is 2.11 bits per heavy atom. The first-order chi connectivity index (χ1) is 8.60. The van der Waals surface area contributed by atoms with Crippen LogP contribution in [-0.4, -0.2) is 13.2 Å². The van der Waals surface area contributed by atoms with Gasteiger partial charge >= 0.3 is 0 Å². The first-order valence-corrected chi connectivity index (χ1v) is 6.99. The number of ether oxygens (including phenoxy) is 1. The Bertz CT molecular complexity index is 400. The van der Waals surface area contributed by atoms with Gasteiger partial charge in [-0.2, -0.15) is 0 Å². The summed E-state index contributed by atoms with van der Waals surface area (Å²) < 4.78 is 5.31. The van der Waals surface area contributed by atoms with Gasteiger partial charge in [0, 0.05) is 12.6 Å². The van der Waals surface area contributed by atoms with Crippen LogP contribution >= 0.6 is 0 Å². The van der Waals surface area contributed by atoms with Crippen LogP contribution in [0.15, 0.2) is 18.2 Å². The molecule has 1 aliphatic heterocycles. The summed E-state index contributed by atoms with van der Waals surface area (Å²) in [7, 11) is 1.73. The van der Waals surface area contributed by atoms with Gasteiger partial charge in [0.2, 0.25) is 0 Å². The van der Waals surface area contributed by atoms with Crippen LogP contribution in [0.2, 0.25) is 0 Å². The fourth-order valence-electron chi connectivity index (χ4n) is 2.85. The van der Waals surface area contributed by atoms with Crippen molar-refractivity contribution in [2.75, 3.05) is 7.11 Å². The molecular weight excluding hydrogens is 222 g/mol. The lowest BCUT2D eigenvalue weighted by Crippen LogP contribution is -2.34. The van der Waals surface area contributed by atoms with E-state index in [1.165, 1.54) is 24.0 Å². The van der Waals surface area contributed by atoms with E-state index in [4.69, 9.17) is 4.74 Å². The lowest BCUT2D eigenvalue weighted by Gasteiger charge is -2.24. The highest BCUT2D eigenvalue weighted by Crippen LogP contribution is 2.26. The average Bonchev–Trinajstić information content (AvgIpc) is 2.48. The van der Waals surface area contributed by atoms with E-state index in [1.807, 2.05) is 0 Å². The molecule has 0 spiro atoms. The van der Waals surface area contributed by atoms with Gasteiger partial charge < -0.3 is 10.1 Å². The van der Waals surface area contributed by atoms with Crippen LogP contribution in [-0.2, 0) is 13.0 Å². The van der Waals surface area contributed by atoms with Gasteiger partial charge in [-0.25, -0.2) is 0 Å². The van der Waals surface area contributed by atoms with Crippen molar-refractivity contribution < 1.29 is 4.74 Å². The van der Waals surface area contributed by atoms with Crippen molar-refractivity contribution in [2.24, 2.45) is 11.8 Å². The van der Waals surface area contributed by atoms with Crippen LogP contribution in [0.25, 0.3) is 0 Å². The number of hydrogen-bond acceptors (Lipinski definition) is 2. The van der Waals surface area contributed by atoms with E-state index in [9.17, 15) is 0 Å². The zero-order valence-electron chi connectivity index (χ0n) is 12.0. The van der Waals surface area contributed by atoms with Crippen LogP contribution in [0.3, 0.4) is 0 Å². The number of rotatable bonds is 3. The van der Waals surface area contributed by atoms with E-state index in [0.717, 1.165) is 18.2 Å². The molecule has 0 aromatic heterocycles. The molecule has 18 heavy (non-hydrogen) atoms. The second-order valence-electron chi connectivity index (χ2n) is 5.93. The highest BCUT2D eigenvalue weighted by molar-refractivity contribution is 5.36. The van der Waals surface area contributed by atoms with Crippen LogP contribution in [0, 0.1) is 11.8 Å². The Balaban J connectivity index is 2.16. The third-order valence-corrected chi connectivity index (χ3v) is 3.92. The molecule has 0 radical (unpaired) electrons. The second kappa shape index (κ2) is 5.75. The topological polar surface area (TPSA) is 21.3 Å². The summed E-state index contributed by atoms with van der Waals surface area (Å²) in [5.74, 6) is 2.41. The van der Waals surface area contributed by atoms with E-state index < -0.39 is 0 Å². The molecule has 2 rings (SSSR count). The Labute approximate surface area is 111 Å². The van der Waals surface area contributed by atoms with E-state index in [0.29, 0.717) is 12.0 Å². The normalized spacial score (nSPS) is 23.6. The first-order valence-electron chi connectivity index (χ1n) is 6.99. The third kappa shape index (κ3) is 3.05. The number of benzene rings is 1. The molecular formula is C16H25NO. The molecule has 1 N–H and O–H groups in total. The van der Waals surface area contributed by atoms with Gasteiger partial charge in [-0.1, -0.05) is 26.8 Å². The van der Waals surface area contributed by atoms with Crippen LogP contribution in [0.1, 0.15) is 38.3 Å². The van der Waals surface area contributed by atoms with Crippen molar-refractivity contribution in [1.29, 1.82) is 0 Å². The maximum Gasteiger partial charge on any atom is 0.119 e. The Morgan fingerprint density at radius 3 is 2.78 bits per heavy atom. The van der Waals surface area contributed by atoms with Crippen molar-refractivity contribution in [3.05, 3.63) is 29.3 Å². The molecule has 0 saturated heterocycles. The van der Waals surface area contributed by atoms with Gasteiger partial charge in [0.25, 0.3) is 0 Å². The summed E-state index contributed by atoms with van der Waals surface area (Å²) in [6.07, 6.45) is 2.43. The van der Waals surface area contributed by atoms with Gasteiger partial charge in [0.15, 0.2) is 0 Å². The van der Waals surface area contributed by atoms with E-state index in [1.54, 1.807) is 7.11 Å². The zero-order chi connectivity index (χ0) is 13.1. The van der Waals surface area contributed by atoms with Crippen molar-refractivity contribution in [2.45, 2.75) is 46.2 Å². The lowest BCUT2D eigenvalue weighted by molar-refractivity contribution is 0.328. The molecule has 1 aliphatic rings. The summed E-state index contributed by atoms with van der Waals surface area (Å²) in [6, 6.07) is 7.11. The molecule has 0 aliphatic carbocycles. The van der Waals surface area contributed by atoms with E-state index in [-0.39, 0.29) is 0 Å². The van der Waals surface area contributed by atoms with Crippen molar-refractivity contribution in [1.82, 2.24) is 5.32 Å². The molecule has 2 atom stereocenters. The highest BCUT2D eigenvalue weighted by Gasteiger charge is 2.23. The molecule has 0 bridgehead atoms. The fourth-order valence-corrected chi connectivity index (χ4v) is 2.85. The quantitative estimate of drug-likeness (QED) is 0.884. The molecule has 100 valence electrons. The molecule has 2 heteroatoms. The van der Waals surface area contributed by atoms with Gasteiger partial charge in [-0.15, -0.1) is 0 Å². The first kappa shape index (κ1) is 13.4. The summed E-state index contributed by atoms with van der Waals surface area (Å²) in [5.41, 5.74) is 2.87. The molecule has 1 aromatic rings. The minimum absolute atomic E-state index is 0.628. The molecule has 1 aromatic carbocycles. The minimum atomic E-state index is 0.628. The van der Waals surface area contributed by atoms with Crippen molar-refractivity contribution in [3.63, 3.8) is 0 Å². The summed E-state index contributed by atoms with van der Waals surface area (Å²) >= 11 is 0. The van der Waals surface area contributed by atoms with E-state index in [2.05, 4.69) is 44.3 Å². The number of fused-ring (bicyclic) bond motifs is 1. The number of methoxy groups -OCH3 is 1. The Kier molecular flexibility index (Phi) is 4.28. The molecule has 2 unspecified atom stereocenters. The molecule has 0 saturated carbocycles. The Morgan fingerprint density at radius 1 is 1.33 bits per heavy atom. The van der Waals surface area contributed by atoms with Crippen molar-refractivity contribution in [3.8, 4) is 5.75 Å². The summed E-state index contributed by atoms with van der Waals surface area (Å²) in [5, 5.41) is 3.71. The maximum atomic E-state index is 5.31. The Hall–Kier alpha value is -1.02. The maximum absolute atomic E-state index is 5.31. The van der Waals surface area contributed by atoms with Crippen LogP contribution in [0.5, 0.6) is 5.75 Å². The third-order valence-electron chi connectivity index (χ3n) is 3.92. The average molecular weight is 247 g/mol. The number of nitrogens with one attached hydrogen (secondary N) is 1. The molecule has 1 heterocycles. The predicted molar refractivity (Wildman–Crippen MR) is 75.9 cm³/mol. The van der Waals surface area contributed by atoms with Crippen molar-refractivity contribution >= 4 is 0 Å². The SMILES string of the molecule is COc1ccc2c(c1)CNC(CC(C)C)C(C)C2. The highest BCUT2D eigenvalue weighted by atomic mass is 16.5. The monoisotopic (exact) mass is 247 g/mol. The summed E-state index contributed by atoms with van der Waals surface area (Å²) in [6.45, 7) is 7.93. The minimum Gasteiger partial charge on any atom is -0.497 e. The predicted octanol–water partition coefficient (Wildman–Crippen LogP) is 3.39. The van der Waals surface area contributed by atoms with Gasteiger partial charge in [-0.3, -0.25) is 0 Å². The zero-order valence-corrected chi connectivity index (χ0v) is 12.0. The van der Waals surface area contributed by atoms with Crippen LogP contribution in [0.4, 0.5) is 0 Å². The van der Waals surface area contributed by atoms with Gasteiger partial charge in [-0.05, 0) is 47.9 Å². The molecule has 0 fully saturated rings. The van der Waals surface area contributed by atoms with Gasteiger partial charge in [0.05, 0.1) is 7.11 Å². The lowest BCUT2D eigenvalue weighted by atomic mass is 9.89. The van der Waals surface area contributed by atoms with Gasteiger partial charge in [0.1, 0.15) is 5.75 Å². The molecule has 0 amide bonds. The standard InChI is InChI=1S/C16H25NO/c1-11(2)7-16-12(3)8-13-5-6-15(18-4)9-14(13)10-17-16/h5-6,9,11-12,16-17H,7-8,10H2,1-4H3. The smallest absolute Gasteiger partial charge is 0.119 e. The fraction of sp³-hybridized carbons (Fsp3) is 0.625. The molecule has 2 nitrogen and oxygen atoms in total. The second-order valence-corrected chi connectivity index (χ2v) is 5.93. The summed E-state index contributed by atoms with van der Waals surface area (Å²) in [4.78, 5) is 0. The largest absolute Gasteiger partial charge is 0.497 e. The number of hydrogen-bond donors (Lipinski definition) is 1. The van der Waals surface area contributed by atoms with Crippen LogP contribution < -0.4 is 10.1 Å².